The second-order valence-corrected chi connectivity index (χ2v) is 7.30. The third-order valence-electron chi connectivity index (χ3n) is 4.39. The van der Waals surface area contributed by atoms with Gasteiger partial charge in [0.05, 0.1) is 16.6 Å². The number of benzene rings is 2. The lowest BCUT2D eigenvalue weighted by molar-refractivity contribution is -0.116. The number of para-hydroxylation sites is 1. The molecule has 28 heavy (non-hydrogen) atoms. The minimum Gasteiger partial charge on any atom is -0.302 e. The maximum atomic E-state index is 13.1. The van der Waals surface area contributed by atoms with Gasteiger partial charge in [-0.15, -0.1) is 11.3 Å². The number of carbonyl (C=O) groups excluding carboxylic acids is 1. The number of carbonyl (C=O) groups is 1. The first-order chi connectivity index (χ1) is 13.6. The zero-order valence-corrected chi connectivity index (χ0v) is 16.1. The Kier molecular flexibility index (Phi) is 4.99. The monoisotopic (exact) mass is 390 g/mol. The topological polar surface area (TPSA) is 76.9 Å². The highest BCUT2D eigenvalue weighted by molar-refractivity contribution is 7.13. The summed E-state index contributed by atoms with van der Waals surface area (Å²) in [5.41, 5.74) is 2.34. The van der Waals surface area contributed by atoms with E-state index in [2.05, 4.69) is 15.3 Å². The van der Waals surface area contributed by atoms with E-state index < -0.39 is 0 Å². The first-order valence-corrected chi connectivity index (χ1v) is 9.77. The SMILES string of the molecule is Cc1ccc(-n2c(CCC(=O)Nc3nccs3)nc3ccccc3c2=O)cc1. The minimum atomic E-state index is -0.159. The average Bonchev–Trinajstić information content (AvgIpc) is 3.20. The summed E-state index contributed by atoms with van der Waals surface area (Å²) in [5, 5.41) is 5.68. The molecule has 2 aromatic carbocycles. The third-order valence-corrected chi connectivity index (χ3v) is 5.08. The van der Waals surface area contributed by atoms with Gasteiger partial charge in [-0.1, -0.05) is 29.8 Å². The molecule has 1 N–H and O–H groups in total. The molecule has 0 saturated carbocycles. The summed E-state index contributed by atoms with van der Waals surface area (Å²) in [6.07, 6.45) is 2.18. The molecule has 2 heterocycles. The Morgan fingerprint density at radius 2 is 1.93 bits per heavy atom. The number of amides is 1. The third kappa shape index (κ3) is 3.70. The predicted molar refractivity (Wildman–Crippen MR) is 111 cm³/mol. The number of thiazole rings is 1. The van der Waals surface area contributed by atoms with Gasteiger partial charge in [0.25, 0.3) is 5.56 Å². The molecule has 4 aromatic rings. The van der Waals surface area contributed by atoms with Crippen molar-refractivity contribution in [3.63, 3.8) is 0 Å². The van der Waals surface area contributed by atoms with Gasteiger partial charge in [0.2, 0.25) is 5.91 Å². The van der Waals surface area contributed by atoms with E-state index in [1.165, 1.54) is 11.3 Å². The first kappa shape index (κ1) is 18.1. The molecule has 7 heteroatoms. The van der Waals surface area contributed by atoms with E-state index in [1.54, 1.807) is 22.2 Å². The second-order valence-electron chi connectivity index (χ2n) is 6.41. The van der Waals surface area contributed by atoms with Gasteiger partial charge in [0.15, 0.2) is 5.13 Å². The summed E-state index contributed by atoms with van der Waals surface area (Å²) in [6, 6.07) is 15.0. The molecular weight excluding hydrogens is 372 g/mol. The summed E-state index contributed by atoms with van der Waals surface area (Å²) in [6.45, 7) is 2.00. The lowest BCUT2D eigenvalue weighted by Crippen LogP contribution is -2.25. The molecule has 0 aliphatic rings. The zero-order chi connectivity index (χ0) is 19.5. The average molecular weight is 390 g/mol. The minimum absolute atomic E-state index is 0.134. The fourth-order valence-corrected chi connectivity index (χ4v) is 3.54. The molecule has 0 aliphatic carbocycles. The van der Waals surface area contributed by atoms with Crippen LogP contribution in [0.25, 0.3) is 16.6 Å². The Morgan fingerprint density at radius 3 is 2.68 bits per heavy atom. The van der Waals surface area contributed by atoms with E-state index in [1.807, 2.05) is 49.4 Å². The van der Waals surface area contributed by atoms with Crippen molar-refractivity contribution in [1.82, 2.24) is 14.5 Å². The molecule has 0 bridgehead atoms. The van der Waals surface area contributed by atoms with Crippen LogP contribution in [0.2, 0.25) is 0 Å². The van der Waals surface area contributed by atoms with Crippen molar-refractivity contribution >= 4 is 33.3 Å². The molecule has 0 saturated heterocycles. The van der Waals surface area contributed by atoms with Crippen LogP contribution in [-0.4, -0.2) is 20.4 Å². The lowest BCUT2D eigenvalue weighted by Gasteiger charge is -2.14. The van der Waals surface area contributed by atoms with Crippen molar-refractivity contribution in [3.05, 3.63) is 81.8 Å². The number of hydrogen-bond donors (Lipinski definition) is 1. The number of nitrogens with one attached hydrogen (secondary N) is 1. The maximum absolute atomic E-state index is 13.1. The van der Waals surface area contributed by atoms with E-state index in [4.69, 9.17) is 0 Å². The number of aryl methyl sites for hydroxylation is 2. The molecule has 0 radical (unpaired) electrons. The summed E-state index contributed by atoms with van der Waals surface area (Å²) >= 11 is 1.36. The number of fused-ring (bicyclic) bond motifs is 1. The van der Waals surface area contributed by atoms with Crippen molar-refractivity contribution in [1.29, 1.82) is 0 Å². The van der Waals surface area contributed by atoms with Crippen LogP contribution in [0.1, 0.15) is 17.8 Å². The molecular formula is C21H18N4O2S. The molecule has 0 unspecified atom stereocenters. The normalized spacial score (nSPS) is 10.9. The lowest BCUT2D eigenvalue weighted by atomic mass is 10.2. The summed E-state index contributed by atoms with van der Waals surface area (Å²) in [5.74, 6) is 0.398. The Hall–Kier alpha value is -3.32. The highest BCUT2D eigenvalue weighted by Gasteiger charge is 2.14. The number of anilines is 1. The van der Waals surface area contributed by atoms with Gasteiger partial charge in [-0.25, -0.2) is 9.97 Å². The van der Waals surface area contributed by atoms with Gasteiger partial charge >= 0.3 is 0 Å². The molecule has 2 aromatic heterocycles. The van der Waals surface area contributed by atoms with Gasteiger partial charge < -0.3 is 5.32 Å². The van der Waals surface area contributed by atoms with E-state index in [0.29, 0.717) is 28.3 Å². The Labute approximate surface area is 165 Å². The quantitative estimate of drug-likeness (QED) is 0.563. The number of hydrogen-bond acceptors (Lipinski definition) is 5. The molecule has 0 fully saturated rings. The molecule has 1 amide bonds. The summed E-state index contributed by atoms with van der Waals surface area (Å²) < 4.78 is 1.60. The van der Waals surface area contributed by atoms with Crippen molar-refractivity contribution in [2.24, 2.45) is 0 Å². The van der Waals surface area contributed by atoms with Gasteiger partial charge in [0.1, 0.15) is 5.82 Å². The molecule has 140 valence electrons. The summed E-state index contributed by atoms with van der Waals surface area (Å²) in [7, 11) is 0. The van der Waals surface area contributed by atoms with Crippen LogP contribution < -0.4 is 10.9 Å². The molecule has 0 spiro atoms. The van der Waals surface area contributed by atoms with Crippen LogP contribution in [-0.2, 0) is 11.2 Å². The van der Waals surface area contributed by atoms with Crippen molar-refractivity contribution < 1.29 is 4.79 Å². The first-order valence-electron chi connectivity index (χ1n) is 8.89. The molecule has 0 atom stereocenters. The fraction of sp³-hybridized carbons (Fsp3) is 0.143. The van der Waals surface area contributed by atoms with Gasteiger partial charge in [-0.2, -0.15) is 0 Å². The van der Waals surface area contributed by atoms with Crippen LogP contribution in [0.3, 0.4) is 0 Å². The number of nitrogens with zero attached hydrogens (tertiary/aromatic N) is 3. The molecule has 4 rings (SSSR count). The molecule has 0 aliphatic heterocycles. The Balaban J connectivity index is 1.71. The van der Waals surface area contributed by atoms with Crippen molar-refractivity contribution in [2.45, 2.75) is 19.8 Å². The van der Waals surface area contributed by atoms with Crippen LogP contribution in [0, 0.1) is 6.92 Å². The van der Waals surface area contributed by atoms with Gasteiger partial charge in [-0.3, -0.25) is 14.2 Å². The van der Waals surface area contributed by atoms with Crippen LogP contribution >= 0.6 is 11.3 Å². The maximum Gasteiger partial charge on any atom is 0.265 e. The highest BCUT2D eigenvalue weighted by Crippen LogP contribution is 2.16. The van der Waals surface area contributed by atoms with Gasteiger partial charge in [-0.05, 0) is 31.2 Å². The van der Waals surface area contributed by atoms with E-state index in [-0.39, 0.29) is 17.9 Å². The van der Waals surface area contributed by atoms with E-state index in [9.17, 15) is 9.59 Å². The zero-order valence-electron chi connectivity index (χ0n) is 15.3. The van der Waals surface area contributed by atoms with Gasteiger partial charge in [0, 0.05) is 24.4 Å². The van der Waals surface area contributed by atoms with Crippen LogP contribution in [0.4, 0.5) is 5.13 Å². The van der Waals surface area contributed by atoms with E-state index in [0.717, 1.165) is 11.3 Å². The smallest absolute Gasteiger partial charge is 0.265 e. The largest absolute Gasteiger partial charge is 0.302 e. The van der Waals surface area contributed by atoms with Crippen LogP contribution in [0.15, 0.2) is 64.9 Å². The second kappa shape index (κ2) is 7.74. The van der Waals surface area contributed by atoms with Crippen LogP contribution in [0.5, 0.6) is 0 Å². The predicted octanol–water partition coefficient (Wildman–Crippen LogP) is 3.72. The molecule has 6 nitrogen and oxygen atoms in total. The van der Waals surface area contributed by atoms with Crippen molar-refractivity contribution in [2.75, 3.05) is 5.32 Å². The standard InChI is InChI=1S/C21H18N4O2S/c1-14-6-8-15(9-7-14)25-18(10-11-19(26)24-21-22-12-13-28-21)23-17-5-3-2-4-16(17)20(25)27/h2-9,12-13H,10-11H2,1H3,(H,22,24,26). The van der Waals surface area contributed by atoms with Crippen molar-refractivity contribution in [3.8, 4) is 5.69 Å². The fourth-order valence-electron chi connectivity index (χ4n) is 3.00. The Bertz CT molecular complexity index is 1180. The number of aromatic nitrogens is 3. The van der Waals surface area contributed by atoms with E-state index >= 15 is 0 Å². The Morgan fingerprint density at radius 1 is 1.14 bits per heavy atom. The highest BCUT2D eigenvalue weighted by atomic mass is 32.1. The number of rotatable bonds is 5. The summed E-state index contributed by atoms with van der Waals surface area (Å²) in [4.78, 5) is 34.1.